The van der Waals surface area contributed by atoms with Crippen LogP contribution in [0.3, 0.4) is 0 Å². The van der Waals surface area contributed by atoms with Crippen LogP contribution >= 0.6 is 0 Å². The predicted molar refractivity (Wildman–Crippen MR) is 43.4 cm³/mol. The molecule has 1 heterocycles. The highest BCUT2D eigenvalue weighted by Crippen LogP contribution is 2.22. The van der Waals surface area contributed by atoms with Gasteiger partial charge in [0, 0.05) is 12.1 Å². The van der Waals surface area contributed by atoms with E-state index in [2.05, 4.69) is 10.2 Å². The fourth-order valence-electron chi connectivity index (χ4n) is 1.73. The molecule has 0 saturated heterocycles. The van der Waals surface area contributed by atoms with Gasteiger partial charge in [-0.15, -0.1) is 0 Å². The molecule has 0 amide bonds. The predicted octanol–water partition coefficient (Wildman–Crippen LogP) is 0.400. The molecule has 0 bridgehead atoms. The van der Waals surface area contributed by atoms with Gasteiger partial charge in [-0.2, -0.15) is 5.10 Å². The lowest BCUT2D eigenvalue weighted by molar-refractivity contribution is 0.824. The monoisotopic (exact) mass is 151 g/mol. The first-order valence-corrected chi connectivity index (χ1v) is 4.17. The van der Waals surface area contributed by atoms with Gasteiger partial charge in [0.25, 0.3) is 0 Å². The summed E-state index contributed by atoms with van der Waals surface area (Å²) < 4.78 is 0. The first kappa shape index (κ1) is 6.85. The molecule has 0 saturated carbocycles. The van der Waals surface area contributed by atoms with Gasteiger partial charge in [0.15, 0.2) is 0 Å². The van der Waals surface area contributed by atoms with Crippen LogP contribution in [-0.4, -0.2) is 16.7 Å². The van der Waals surface area contributed by atoms with Crippen LogP contribution in [0.15, 0.2) is 0 Å². The minimum Gasteiger partial charge on any atom is -0.330 e. The van der Waals surface area contributed by atoms with Crippen molar-refractivity contribution in [3.63, 3.8) is 0 Å². The zero-order valence-corrected chi connectivity index (χ0v) is 6.56. The molecule has 1 aromatic heterocycles. The lowest BCUT2D eigenvalue weighted by atomic mass is 10.1. The zero-order chi connectivity index (χ0) is 7.68. The van der Waals surface area contributed by atoms with Gasteiger partial charge in [-0.1, -0.05) is 0 Å². The van der Waals surface area contributed by atoms with E-state index in [-0.39, 0.29) is 0 Å². The molecule has 1 aliphatic rings. The van der Waals surface area contributed by atoms with Crippen molar-refractivity contribution >= 4 is 0 Å². The minimum absolute atomic E-state index is 0.706. The summed E-state index contributed by atoms with van der Waals surface area (Å²) in [7, 11) is 0. The smallest absolute Gasteiger partial charge is 0.0669 e. The van der Waals surface area contributed by atoms with Gasteiger partial charge in [0.05, 0.1) is 5.69 Å². The number of hydrogen-bond acceptors (Lipinski definition) is 2. The molecule has 3 N–H and O–H groups in total. The van der Waals surface area contributed by atoms with E-state index in [9.17, 15) is 0 Å². The molecule has 1 aromatic rings. The summed E-state index contributed by atoms with van der Waals surface area (Å²) in [6.07, 6.45) is 4.57. The fourth-order valence-corrected chi connectivity index (χ4v) is 1.73. The number of rotatable bonds is 2. The van der Waals surface area contributed by atoms with Crippen molar-refractivity contribution in [1.82, 2.24) is 10.2 Å². The van der Waals surface area contributed by atoms with Crippen molar-refractivity contribution in [3.8, 4) is 0 Å². The zero-order valence-electron chi connectivity index (χ0n) is 6.56. The van der Waals surface area contributed by atoms with Gasteiger partial charge in [-0.25, -0.2) is 0 Å². The van der Waals surface area contributed by atoms with Gasteiger partial charge in [-0.05, 0) is 31.4 Å². The van der Waals surface area contributed by atoms with Gasteiger partial charge in [0.2, 0.25) is 0 Å². The number of nitrogens with two attached hydrogens (primary N) is 1. The van der Waals surface area contributed by atoms with Crippen molar-refractivity contribution < 1.29 is 0 Å². The average molecular weight is 151 g/mol. The highest BCUT2D eigenvalue weighted by Gasteiger charge is 2.16. The highest BCUT2D eigenvalue weighted by atomic mass is 15.1. The molecule has 0 aliphatic heterocycles. The largest absolute Gasteiger partial charge is 0.330 e. The molecule has 0 aromatic carbocycles. The van der Waals surface area contributed by atoms with E-state index in [0.29, 0.717) is 6.54 Å². The number of H-pyrrole nitrogens is 1. The topological polar surface area (TPSA) is 54.7 Å². The Kier molecular flexibility index (Phi) is 1.66. The van der Waals surface area contributed by atoms with E-state index < -0.39 is 0 Å². The van der Waals surface area contributed by atoms with Gasteiger partial charge in [0.1, 0.15) is 0 Å². The number of nitrogens with one attached hydrogen (secondary N) is 1. The van der Waals surface area contributed by atoms with Crippen molar-refractivity contribution in [2.75, 3.05) is 6.54 Å². The number of aryl methyl sites for hydroxylation is 1. The Hall–Kier alpha value is -0.830. The summed E-state index contributed by atoms with van der Waals surface area (Å²) >= 11 is 0. The normalized spacial score (nSPS) is 15.4. The van der Waals surface area contributed by atoms with Gasteiger partial charge < -0.3 is 5.73 Å². The quantitative estimate of drug-likeness (QED) is 0.642. The van der Waals surface area contributed by atoms with Crippen molar-refractivity contribution in [3.05, 3.63) is 17.0 Å². The Balaban J connectivity index is 2.27. The first-order valence-electron chi connectivity index (χ1n) is 4.17. The lowest BCUT2D eigenvalue weighted by Crippen LogP contribution is -2.04. The maximum atomic E-state index is 5.46. The van der Waals surface area contributed by atoms with E-state index in [4.69, 9.17) is 5.73 Å². The van der Waals surface area contributed by atoms with Crippen LogP contribution in [0, 0.1) is 0 Å². The van der Waals surface area contributed by atoms with Crippen LogP contribution in [0.1, 0.15) is 23.4 Å². The number of hydrogen-bond donors (Lipinski definition) is 2. The van der Waals surface area contributed by atoms with Gasteiger partial charge >= 0.3 is 0 Å². The Morgan fingerprint density at radius 3 is 3.18 bits per heavy atom. The van der Waals surface area contributed by atoms with E-state index in [0.717, 1.165) is 6.42 Å². The van der Waals surface area contributed by atoms with Crippen LogP contribution in [-0.2, 0) is 19.3 Å². The molecule has 0 spiro atoms. The third-order valence-corrected chi connectivity index (χ3v) is 2.27. The van der Waals surface area contributed by atoms with Crippen LogP contribution in [0.2, 0.25) is 0 Å². The van der Waals surface area contributed by atoms with E-state index >= 15 is 0 Å². The molecule has 3 heteroatoms. The van der Waals surface area contributed by atoms with E-state index in [1.807, 2.05) is 0 Å². The number of fused-ring (bicyclic) bond motifs is 1. The Morgan fingerprint density at radius 2 is 2.36 bits per heavy atom. The molecular formula is C8H13N3. The molecule has 3 nitrogen and oxygen atoms in total. The standard InChI is InChI=1S/C8H13N3/c9-5-4-8-6-2-1-3-7(6)10-11-8/h1-5,9H2,(H,10,11). The number of aromatic amines is 1. The molecule has 1 aliphatic carbocycles. The third kappa shape index (κ3) is 1.05. The molecular weight excluding hydrogens is 138 g/mol. The summed E-state index contributed by atoms with van der Waals surface area (Å²) in [6, 6.07) is 0. The van der Waals surface area contributed by atoms with Crippen molar-refractivity contribution in [2.45, 2.75) is 25.7 Å². The SMILES string of the molecule is NCCc1n[nH]c2c1CCC2. The molecule has 11 heavy (non-hydrogen) atoms. The fraction of sp³-hybridized carbons (Fsp3) is 0.625. The van der Waals surface area contributed by atoms with E-state index in [1.165, 1.54) is 36.2 Å². The second kappa shape index (κ2) is 2.66. The molecule has 0 fully saturated rings. The summed E-state index contributed by atoms with van der Waals surface area (Å²) in [5.74, 6) is 0. The minimum atomic E-state index is 0.706. The molecule has 0 atom stereocenters. The second-order valence-electron chi connectivity index (χ2n) is 3.02. The first-order chi connectivity index (χ1) is 5.42. The molecule has 60 valence electrons. The van der Waals surface area contributed by atoms with Crippen molar-refractivity contribution in [2.24, 2.45) is 5.73 Å². The van der Waals surface area contributed by atoms with Crippen LogP contribution in [0.4, 0.5) is 0 Å². The summed E-state index contributed by atoms with van der Waals surface area (Å²) in [6.45, 7) is 0.706. The van der Waals surface area contributed by atoms with Crippen LogP contribution < -0.4 is 5.73 Å². The average Bonchev–Trinajstić information content (AvgIpc) is 2.53. The Morgan fingerprint density at radius 1 is 1.45 bits per heavy atom. The maximum absolute atomic E-state index is 5.46. The maximum Gasteiger partial charge on any atom is 0.0669 e. The number of nitrogens with zero attached hydrogens (tertiary/aromatic N) is 1. The second-order valence-corrected chi connectivity index (χ2v) is 3.02. The molecule has 0 unspecified atom stereocenters. The summed E-state index contributed by atoms with van der Waals surface area (Å²) in [4.78, 5) is 0. The van der Waals surface area contributed by atoms with Crippen LogP contribution in [0.25, 0.3) is 0 Å². The molecule has 0 radical (unpaired) electrons. The Bertz CT molecular complexity index is 252. The third-order valence-electron chi connectivity index (χ3n) is 2.27. The van der Waals surface area contributed by atoms with Crippen molar-refractivity contribution in [1.29, 1.82) is 0 Å². The highest BCUT2D eigenvalue weighted by molar-refractivity contribution is 5.29. The lowest BCUT2D eigenvalue weighted by Gasteiger charge is -1.93. The molecule has 2 rings (SSSR count). The number of aromatic nitrogens is 2. The Labute approximate surface area is 66.0 Å². The van der Waals surface area contributed by atoms with Crippen LogP contribution in [0.5, 0.6) is 0 Å². The van der Waals surface area contributed by atoms with Gasteiger partial charge in [-0.3, -0.25) is 5.10 Å². The van der Waals surface area contributed by atoms with E-state index in [1.54, 1.807) is 0 Å². The summed E-state index contributed by atoms with van der Waals surface area (Å²) in [5, 5.41) is 7.29. The summed E-state index contributed by atoms with van der Waals surface area (Å²) in [5.41, 5.74) is 9.44.